The molecule has 2 nitrogen and oxygen atoms in total. The molecule has 0 N–H and O–H groups in total. The van der Waals surface area contributed by atoms with Crippen molar-refractivity contribution in [3.05, 3.63) is 28.5 Å². The van der Waals surface area contributed by atoms with E-state index in [9.17, 15) is 13.2 Å². The van der Waals surface area contributed by atoms with Crippen LogP contribution in [0.2, 0.25) is 5.02 Å². The van der Waals surface area contributed by atoms with Crippen LogP contribution in [0.5, 0.6) is 0 Å². The van der Waals surface area contributed by atoms with E-state index in [1.807, 2.05) is 6.07 Å². The summed E-state index contributed by atoms with van der Waals surface area (Å²) < 4.78 is 36.7. The molecule has 0 saturated carbocycles. The normalized spacial score (nSPS) is 13.3. The highest BCUT2D eigenvalue weighted by atomic mass is 35.5. The highest BCUT2D eigenvalue weighted by Crippen LogP contribution is 2.32. The van der Waals surface area contributed by atoms with E-state index in [1.54, 1.807) is 0 Å². The zero-order chi connectivity index (χ0) is 11.6. The quantitative estimate of drug-likeness (QED) is 0.747. The predicted molar refractivity (Wildman–Crippen MR) is 48.3 cm³/mol. The first-order valence-corrected chi connectivity index (χ1v) is 4.36. The molecule has 1 heterocycles. The van der Waals surface area contributed by atoms with E-state index < -0.39 is 17.7 Å². The number of rotatable bonds is 1. The average Bonchev–Trinajstić information content (AvgIpc) is 2.15. The number of alkyl halides is 3. The molecular formula is C9H6ClF3N2. The molecule has 0 bridgehead atoms. The van der Waals surface area contributed by atoms with Gasteiger partial charge in [-0.3, -0.25) is 4.98 Å². The lowest BCUT2D eigenvalue weighted by molar-refractivity contribution is -0.137. The van der Waals surface area contributed by atoms with Crippen LogP contribution in [-0.4, -0.2) is 4.98 Å². The van der Waals surface area contributed by atoms with Crippen molar-refractivity contribution >= 4 is 11.6 Å². The van der Waals surface area contributed by atoms with Crippen molar-refractivity contribution in [2.24, 2.45) is 0 Å². The minimum Gasteiger partial charge on any atom is -0.258 e. The average molecular weight is 235 g/mol. The molecule has 0 aliphatic carbocycles. The van der Waals surface area contributed by atoms with Gasteiger partial charge in [0.05, 0.1) is 28.3 Å². The highest BCUT2D eigenvalue weighted by Gasteiger charge is 2.31. The predicted octanol–water partition coefficient (Wildman–Crippen LogP) is 3.38. The zero-order valence-corrected chi connectivity index (χ0v) is 8.39. The topological polar surface area (TPSA) is 36.7 Å². The van der Waals surface area contributed by atoms with E-state index >= 15 is 0 Å². The lowest BCUT2D eigenvalue weighted by Crippen LogP contribution is -2.07. The molecule has 1 rings (SSSR count). The molecule has 1 aromatic rings. The van der Waals surface area contributed by atoms with Gasteiger partial charge in [-0.15, -0.1) is 0 Å². The van der Waals surface area contributed by atoms with E-state index in [4.69, 9.17) is 16.9 Å². The van der Waals surface area contributed by atoms with Crippen LogP contribution in [0, 0.1) is 11.3 Å². The first-order chi connectivity index (χ1) is 6.86. The van der Waals surface area contributed by atoms with Gasteiger partial charge in [-0.05, 0) is 13.0 Å². The van der Waals surface area contributed by atoms with E-state index in [1.165, 1.54) is 6.92 Å². The summed E-state index contributed by atoms with van der Waals surface area (Å²) in [5, 5.41) is 8.43. The third-order valence-electron chi connectivity index (χ3n) is 1.80. The molecule has 80 valence electrons. The van der Waals surface area contributed by atoms with Gasteiger partial charge < -0.3 is 0 Å². The van der Waals surface area contributed by atoms with Crippen LogP contribution in [0.1, 0.15) is 24.1 Å². The Morgan fingerprint density at radius 3 is 2.53 bits per heavy atom. The van der Waals surface area contributed by atoms with Crippen LogP contribution >= 0.6 is 11.6 Å². The Balaban J connectivity index is 3.16. The van der Waals surface area contributed by atoms with Crippen LogP contribution in [-0.2, 0) is 6.18 Å². The molecular weight excluding hydrogens is 229 g/mol. The molecule has 0 amide bonds. The number of hydrogen-bond acceptors (Lipinski definition) is 2. The number of hydrogen-bond donors (Lipinski definition) is 0. The van der Waals surface area contributed by atoms with E-state index in [0.29, 0.717) is 6.20 Å². The fourth-order valence-electron chi connectivity index (χ4n) is 0.983. The Labute approximate surface area is 89.3 Å². The number of halogens is 4. The lowest BCUT2D eigenvalue weighted by Gasteiger charge is -2.09. The van der Waals surface area contributed by atoms with Gasteiger partial charge in [0.2, 0.25) is 0 Å². The molecule has 1 atom stereocenters. The SMILES string of the molecule is CC(C#N)c1ncc(C(F)(F)F)cc1Cl. The lowest BCUT2D eigenvalue weighted by atomic mass is 10.1. The summed E-state index contributed by atoms with van der Waals surface area (Å²) in [4.78, 5) is 3.54. The largest absolute Gasteiger partial charge is 0.417 e. The summed E-state index contributed by atoms with van der Waals surface area (Å²) in [6.45, 7) is 1.52. The molecule has 0 fully saturated rings. The van der Waals surface area contributed by atoms with Gasteiger partial charge in [0.1, 0.15) is 0 Å². The van der Waals surface area contributed by atoms with Crippen LogP contribution in [0.3, 0.4) is 0 Å². The zero-order valence-electron chi connectivity index (χ0n) is 7.64. The summed E-state index contributed by atoms with van der Waals surface area (Å²) in [6, 6.07) is 2.63. The van der Waals surface area contributed by atoms with Crippen LogP contribution in [0.25, 0.3) is 0 Å². The Bertz CT molecular complexity index is 409. The van der Waals surface area contributed by atoms with Crippen LogP contribution in [0.4, 0.5) is 13.2 Å². The Hall–Kier alpha value is -1.28. The second-order valence-electron chi connectivity index (χ2n) is 2.94. The number of aromatic nitrogens is 1. The second kappa shape index (κ2) is 4.07. The highest BCUT2D eigenvalue weighted by molar-refractivity contribution is 6.31. The van der Waals surface area contributed by atoms with Crippen molar-refractivity contribution in [1.29, 1.82) is 5.26 Å². The molecule has 0 saturated heterocycles. The molecule has 15 heavy (non-hydrogen) atoms. The monoisotopic (exact) mass is 234 g/mol. The van der Waals surface area contributed by atoms with Crippen molar-refractivity contribution in [2.75, 3.05) is 0 Å². The Morgan fingerprint density at radius 1 is 1.53 bits per heavy atom. The molecule has 6 heteroatoms. The first kappa shape index (κ1) is 11.8. The van der Waals surface area contributed by atoms with Gasteiger partial charge in [-0.2, -0.15) is 18.4 Å². The minimum atomic E-state index is -4.47. The fourth-order valence-corrected chi connectivity index (χ4v) is 1.31. The summed E-state index contributed by atoms with van der Waals surface area (Å²) in [5.74, 6) is -0.625. The number of nitrogens with zero attached hydrogens (tertiary/aromatic N) is 2. The van der Waals surface area contributed by atoms with Gasteiger partial charge in [-0.1, -0.05) is 11.6 Å². The third-order valence-corrected chi connectivity index (χ3v) is 2.10. The van der Waals surface area contributed by atoms with Gasteiger partial charge in [0.15, 0.2) is 0 Å². The van der Waals surface area contributed by atoms with Crippen LogP contribution < -0.4 is 0 Å². The van der Waals surface area contributed by atoms with Crippen LogP contribution in [0.15, 0.2) is 12.3 Å². The Morgan fingerprint density at radius 2 is 2.13 bits per heavy atom. The standard InChI is InChI=1S/C9H6ClF3N2/c1-5(3-14)8-7(10)2-6(4-15-8)9(11,12)13/h2,4-5H,1H3. The smallest absolute Gasteiger partial charge is 0.258 e. The molecule has 0 spiro atoms. The molecule has 0 aliphatic heterocycles. The van der Waals surface area contributed by atoms with Crippen molar-refractivity contribution in [3.8, 4) is 6.07 Å². The Kier molecular flexibility index (Phi) is 3.20. The maximum absolute atomic E-state index is 12.2. The maximum atomic E-state index is 12.2. The van der Waals surface area contributed by atoms with Crippen molar-refractivity contribution in [2.45, 2.75) is 19.0 Å². The molecule has 0 radical (unpaired) electrons. The second-order valence-corrected chi connectivity index (χ2v) is 3.35. The third kappa shape index (κ3) is 2.60. The van der Waals surface area contributed by atoms with Crippen molar-refractivity contribution < 1.29 is 13.2 Å². The summed E-state index contributed by atoms with van der Waals surface area (Å²) >= 11 is 5.60. The van der Waals surface area contributed by atoms with E-state index in [0.717, 1.165) is 6.07 Å². The van der Waals surface area contributed by atoms with Gasteiger partial charge in [-0.25, -0.2) is 0 Å². The fraction of sp³-hybridized carbons (Fsp3) is 0.333. The van der Waals surface area contributed by atoms with Gasteiger partial charge in [0.25, 0.3) is 0 Å². The molecule has 0 aliphatic rings. The minimum absolute atomic E-state index is 0.140. The summed E-state index contributed by atoms with van der Waals surface area (Å²) in [7, 11) is 0. The number of pyridine rings is 1. The van der Waals surface area contributed by atoms with E-state index in [2.05, 4.69) is 4.98 Å². The molecule has 1 aromatic heterocycles. The first-order valence-electron chi connectivity index (χ1n) is 3.98. The number of nitriles is 1. The van der Waals surface area contributed by atoms with E-state index in [-0.39, 0.29) is 10.7 Å². The van der Waals surface area contributed by atoms with Crippen molar-refractivity contribution in [3.63, 3.8) is 0 Å². The van der Waals surface area contributed by atoms with Gasteiger partial charge >= 0.3 is 6.18 Å². The summed E-state index contributed by atoms with van der Waals surface area (Å²) in [5.41, 5.74) is -0.756. The summed E-state index contributed by atoms with van der Waals surface area (Å²) in [6.07, 6.45) is -3.79. The van der Waals surface area contributed by atoms with Crippen molar-refractivity contribution in [1.82, 2.24) is 4.98 Å². The molecule has 0 aromatic carbocycles. The van der Waals surface area contributed by atoms with Gasteiger partial charge in [0, 0.05) is 6.20 Å². The maximum Gasteiger partial charge on any atom is 0.417 e. The molecule has 1 unspecified atom stereocenters.